The Labute approximate surface area is 126 Å². The molecule has 0 aliphatic rings. The smallest absolute Gasteiger partial charge is 0.124 e. The molecule has 0 spiro atoms. The van der Waals surface area contributed by atoms with Crippen molar-refractivity contribution in [2.75, 3.05) is 0 Å². The molecule has 0 fully saturated rings. The van der Waals surface area contributed by atoms with Crippen molar-refractivity contribution in [3.63, 3.8) is 0 Å². The molecule has 0 radical (unpaired) electrons. The van der Waals surface area contributed by atoms with Gasteiger partial charge in [-0.1, -0.05) is 15.9 Å². The van der Waals surface area contributed by atoms with E-state index in [-0.39, 0.29) is 11.9 Å². The van der Waals surface area contributed by atoms with Crippen LogP contribution < -0.4 is 11.3 Å². The first-order chi connectivity index (χ1) is 8.58. The van der Waals surface area contributed by atoms with Crippen molar-refractivity contribution >= 4 is 43.2 Å². The van der Waals surface area contributed by atoms with Gasteiger partial charge in [0.1, 0.15) is 5.82 Å². The van der Waals surface area contributed by atoms with Crippen LogP contribution in [0.1, 0.15) is 16.5 Å². The van der Waals surface area contributed by atoms with Crippen molar-refractivity contribution in [1.29, 1.82) is 0 Å². The number of rotatable bonds is 4. The molecule has 1 aromatic heterocycles. The van der Waals surface area contributed by atoms with Crippen LogP contribution in [0, 0.1) is 5.82 Å². The predicted octanol–water partition coefficient (Wildman–Crippen LogP) is 4.16. The maximum absolute atomic E-state index is 13.4. The molecule has 6 heteroatoms. The Morgan fingerprint density at radius 3 is 2.61 bits per heavy atom. The minimum atomic E-state index is -0.271. The number of nitrogens with two attached hydrogens (primary N) is 1. The minimum Gasteiger partial charge on any atom is -0.271 e. The molecule has 0 saturated heterocycles. The third kappa shape index (κ3) is 3.61. The van der Waals surface area contributed by atoms with Crippen LogP contribution in [-0.2, 0) is 6.42 Å². The van der Waals surface area contributed by atoms with Gasteiger partial charge >= 0.3 is 0 Å². The van der Waals surface area contributed by atoms with Gasteiger partial charge in [-0.05, 0) is 51.8 Å². The van der Waals surface area contributed by atoms with E-state index in [2.05, 4.69) is 37.3 Å². The zero-order valence-electron chi connectivity index (χ0n) is 9.29. The lowest BCUT2D eigenvalue weighted by molar-refractivity contribution is 0.547. The van der Waals surface area contributed by atoms with E-state index in [0.29, 0.717) is 4.47 Å². The number of halogens is 3. The second kappa shape index (κ2) is 6.25. The molecule has 2 nitrogen and oxygen atoms in total. The second-order valence-corrected chi connectivity index (χ2v) is 7.30. The lowest BCUT2D eigenvalue weighted by atomic mass is 10.0. The van der Waals surface area contributed by atoms with E-state index in [0.717, 1.165) is 15.8 Å². The van der Waals surface area contributed by atoms with Crippen molar-refractivity contribution in [3.05, 3.63) is 54.8 Å². The van der Waals surface area contributed by atoms with Crippen LogP contribution in [0.25, 0.3) is 0 Å². The largest absolute Gasteiger partial charge is 0.271 e. The first-order valence-electron chi connectivity index (χ1n) is 5.25. The Balaban J connectivity index is 2.22. The highest BCUT2D eigenvalue weighted by atomic mass is 79.9. The summed E-state index contributed by atoms with van der Waals surface area (Å²) in [5, 5.41) is 0. The van der Waals surface area contributed by atoms with Gasteiger partial charge in [0.05, 0.1) is 9.83 Å². The summed E-state index contributed by atoms with van der Waals surface area (Å²) in [6.45, 7) is 0. The Bertz CT molecular complexity index is 524. The molecule has 1 aromatic carbocycles. The molecule has 0 saturated carbocycles. The van der Waals surface area contributed by atoms with Gasteiger partial charge in [-0.15, -0.1) is 11.3 Å². The van der Waals surface area contributed by atoms with E-state index in [9.17, 15) is 4.39 Å². The molecule has 18 heavy (non-hydrogen) atoms. The lowest BCUT2D eigenvalue weighted by Gasteiger charge is -2.16. The maximum atomic E-state index is 13.4. The first-order valence-corrected chi connectivity index (χ1v) is 7.65. The average Bonchev–Trinajstić information content (AvgIpc) is 2.70. The van der Waals surface area contributed by atoms with Crippen LogP contribution in [0.5, 0.6) is 0 Å². The number of hydrazine groups is 1. The van der Waals surface area contributed by atoms with Gasteiger partial charge in [-0.25, -0.2) is 4.39 Å². The van der Waals surface area contributed by atoms with E-state index in [1.165, 1.54) is 17.0 Å². The van der Waals surface area contributed by atoms with Crippen LogP contribution in [0.3, 0.4) is 0 Å². The summed E-state index contributed by atoms with van der Waals surface area (Å²) in [7, 11) is 0. The quantitative estimate of drug-likeness (QED) is 0.604. The molecule has 0 amide bonds. The molecule has 2 aromatic rings. The van der Waals surface area contributed by atoms with Gasteiger partial charge in [-0.2, -0.15) is 0 Å². The monoisotopic (exact) mass is 392 g/mol. The van der Waals surface area contributed by atoms with E-state index in [4.69, 9.17) is 5.84 Å². The van der Waals surface area contributed by atoms with Gasteiger partial charge in [0, 0.05) is 15.8 Å². The molecule has 96 valence electrons. The van der Waals surface area contributed by atoms with Crippen LogP contribution >= 0.6 is 43.2 Å². The van der Waals surface area contributed by atoms with E-state index in [1.807, 2.05) is 18.2 Å². The number of nitrogens with one attached hydrogen (secondary N) is 1. The van der Waals surface area contributed by atoms with E-state index >= 15 is 0 Å². The van der Waals surface area contributed by atoms with Crippen molar-refractivity contribution in [2.45, 2.75) is 12.5 Å². The predicted molar refractivity (Wildman–Crippen MR) is 79.9 cm³/mol. The standard InChI is InChI=1S/C12H11Br2FN2S/c13-8-3-7(4-9(15)5-8)11(17-16)6-10-1-2-12(14)18-10/h1-5,11,17H,6,16H2. The van der Waals surface area contributed by atoms with E-state index in [1.54, 1.807) is 11.3 Å². The topological polar surface area (TPSA) is 38.0 Å². The highest BCUT2D eigenvalue weighted by molar-refractivity contribution is 9.11. The summed E-state index contributed by atoms with van der Waals surface area (Å²) in [6.07, 6.45) is 0.725. The summed E-state index contributed by atoms with van der Waals surface area (Å²) in [4.78, 5) is 1.19. The van der Waals surface area contributed by atoms with Crippen LogP contribution in [0.2, 0.25) is 0 Å². The van der Waals surface area contributed by atoms with Crippen LogP contribution in [0.15, 0.2) is 38.6 Å². The normalized spacial score (nSPS) is 12.7. The fourth-order valence-corrected chi connectivity index (χ4v) is 3.72. The van der Waals surface area contributed by atoms with Gasteiger partial charge in [0.15, 0.2) is 0 Å². The summed E-state index contributed by atoms with van der Waals surface area (Å²) in [5.74, 6) is 5.29. The van der Waals surface area contributed by atoms with Crippen molar-refractivity contribution < 1.29 is 4.39 Å². The summed E-state index contributed by atoms with van der Waals surface area (Å²) in [6, 6.07) is 8.72. The lowest BCUT2D eigenvalue weighted by Crippen LogP contribution is -2.29. The molecule has 1 heterocycles. The average molecular weight is 394 g/mol. The highest BCUT2D eigenvalue weighted by Crippen LogP contribution is 2.28. The fourth-order valence-electron chi connectivity index (χ4n) is 1.71. The number of benzene rings is 1. The molecule has 1 unspecified atom stereocenters. The SMILES string of the molecule is NNC(Cc1ccc(Br)s1)c1cc(F)cc(Br)c1. The second-order valence-electron chi connectivity index (χ2n) is 3.83. The Morgan fingerprint density at radius 2 is 2.06 bits per heavy atom. The van der Waals surface area contributed by atoms with Crippen LogP contribution in [-0.4, -0.2) is 0 Å². The molecule has 2 rings (SSSR count). The molecular formula is C12H11Br2FN2S. The van der Waals surface area contributed by atoms with Crippen LogP contribution in [0.4, 0.5) is 4.39 Å². The molecule has 0 aliphatic heterocycles. The fraction of sp³-hybridized carbons (Fsp3) is 0.167. The van der Waals surface area contributed by atoms with Gasteiger partial charge in [0.2, 0.25) is 0 Å². The van der Waals surface area contributed by atoms with Gasteiger partial charge < -0.3 is 0 Å². The molecule has 1 atom stereocenters. The molecular weight excluding hydrogens is 383 g/mol. The number of hydrogen-bond donors (Lipinski definition) is 2. The van der Waals surface area contributed by atoms with Crippen molar-refractivity contribution in [3.8, 4) is 0 Å². The highest BCUT2D eigenvalue weighted by Gasteiger charge is 2.13. The third-order valence-electron chi connectivity index (χ3n) is 2.52. The van der Waals surface area contributed by atoms with Gasteiger partial charge in [-0.3, -0.25) is 11.3 Å². The van der Waals surface area contributed by atoms with Crippen molar-refractivity contribution in [2.24, 2.45) is 5.84 Å². The van der Waals surface area contributed by atoms with E-state index < -0.39 is 0 Å². The van der Waals surface area contributed by atoms with Crippen molar-refractivity contribution in [1.82, 2.24) is 5.43 Å². The Kier molecular flexibility index (Phi) is 4.91. The maximum Gasteiger partial charge on any atom is 0.124 e. The first kappa shape index (κ1) is 14.1. The summed E-state index contributed by atoms with van der Waals surface area (Å²) >= 11 is 8.36. The summed E-state index contributed by atoms with van der Waals surface area (Å²) < 4.78 is 15.2. The number of thiophene rings is 1. The summed E-state index contributed by atoms with van der Waals surface area (Å²) in [5.41, 5.74) is 3.56. The molecule has 0 bridgehead atoms. The zero-order valence-corrected chi connectivity index (χ0v) is 13.3. The minimum absolute atomic E-state index is 0.109. The number of hydrogen-bond acceptors (Lipinski definition) is 3. The Morgan fingerprint density at radius 1 is 1.28 bits per heavy atom. The third-order valence-corrected chi connectivity index (χ3v) is 4.63. The van der Waals surface area contributed by atoms with Gasteiger partial charge in [0.25, 0.3) is 0 Å². The molecule has 3 N–H and O–H groups in total. The Hall–Kier alpha value is -0.270. The zero-order chi connectivity index (χ0) is 13.1. The molecule has 0 aliphatic carbocycles.